The van der Waals surface area contributed by atoms with Crippen LogP contribution in [0, 0.1) is 6.92 Å². The zero-order chi connectivity index (χ0) is 14.3. The summed E-state index contributed by atoms with van der Waals surface area (Å²) in [7, 11) is 1.95. The van der Waals surface area contributed by atoms with E-state index in [2.05, 4.69) is 40.9 Å². The van der Waals surface area contributed by atoms with E-state index in [1.54, 1.807) is 0 Å². The fourth-order valence-corrected chi connectivity index (χ4v) is 2.64. The Morgan fingerprint density at radius 2 is 2.05 bits per heavy atom. The van der Waals surface area contributed by atoms with Gasteiger partial charge in [0, 0.05) is 20.1 Å². The van der Waals surface area contributed by atoms with E-state index >= 15 is 0 Å². The molecule has 0 aliphatic carbocycles. The number of hydrogen-bond donors (Lipinski definition) is 1. The average Bonchev–Trinajstić information content (AvgIpc) is 2.96. The first-order chi connectivity index (χ1) is 9.63. The average molecular weight is 269 g/mol. The Balaban J connectivity index is 2.27. The number of imidazole rings is 1. The minimum absolute atomic E-state index is 0.537. The molecule has 0 atom stereocenters. The van der Waals surface area contributed by atoms with Gasteiger partial charge in [0.25, 0.3) is 0 Å². The molecule has 0 saturated carbocycles. The van der Waals surface area contributed by atoms with Crippen molar-refractivity contribution in [3.8, 4) is 11.5 Å². The minimum Gasteiger partial charge on any atom is -0.326 e. The highest BCUT2D eigenvalue weighted by atomic mass is 15.3. The zero-order valence-electron chi connectivity index (χ0n) is 12.1. The summed E-state index contributed by atoms with van der Waals surface area (Å²) in [6.45, 7) is 5.53. The van der Waals surface area contributed by atoms with Crippen LogP contribution in [0.15, 0.2) is 24.3 Å². The van der Waals surface area contributed by atoms with Crippen LogP contribution in [-0.4, -0.2) is 19.3 Å². The van der Waals surface area contributed by atoms with E-state index in [0.717, 1.165) is 40.4 Å². The smallest absolute Gasteiger partial charge is 0.159 e. The van der Waals surface area contributed by atoms with Gasteiger partial charge >= 0.3 is 0 Å². The Bertz CT molecular complexity index is 766. The lowest BCUT2D eigenvalue weighted by atomic mass is 10.2. The van der Waals surface area contributed by atoms with Crippen molar-refractivity contribution in [3.63, 3.8) is 0 Å². The fraction of sp³-hybridized carbons (Fsp3) is 0.333. The first-order valence-corrected chi connectivity index (χ1v) is 6.84. The molecular formula is C15H19N5. The van der Waals surface area contributed by atoms with Crippen LogP contribution < -0.4 is 5.73 Å². The molecule has 0 aliphatic rings. The van der Waals surface area contributed by atoms with Crippen LogP contribution in [0.3, 0.4) is 0 Å². The van der Waals surface area contributed by atoms with E-state index in [9.17, 15) is 0 Å². The Hall–Kier alpha value is -2.14. The fourth-order valence-electron chi connectivity index (χ4n) is 2.64. The third-order valence-electron chi connectivity index (χ3n) is 3.60. The SMILES string of the molecule is CCn1c(-c2cc(C)nn2C)nc2cc(CN)ccc21. The number of fused-ring (bicyclic) bond motifs is 1. The molecule has 3 rings (SSSR count). The molecular weight excluding hydrogens is 250 g/mol. The molecule has 20 heavy (non-hydrogen) atoms. The highest BCUT2D eigenvalue weighted by Gasteiger charge is 2.15. The monoisotopic (exact) mass is 269 g/mol. The molecule has 0 aliphatic heterocycles. The van der Waals surface area contributed by atoms with Crippen LogP contribution in [-0.2, 0) is 20.1 Å². The maximum absolute atomic E-state index is 5.71. The maximum Gasteiger partial charge on any atom is 0.159 e. The second-order valence-corrected chi connectivity index (χ2v) is 5.00. The van der Waals surface area contributed by atoms with E-state index < -0.39 is 0 Å². The standard InChI is InChI=1S/C15H19N5/c1-4-20-13-6-5-11(9-16)8-12(13)17-15(20)14-7-10(2)18-19(14)3/h5-8H,4,9,16H2,1-3H3. The van der Waals surface area contributed by atoms with Crippen LogP contribution in [0.2, 0.25) is 0 Å². The first kappa shape index (κ1) is 12.9. The van der Waals surface area contributed by atoms with E-state index in [4.69, 9.17) is 10.7 Å². The molecule has 5 nitrogen and oxygen atoms in total. The predicted molar refractivity (Wildman–Crippen MR) is 80.2 cm³/mol. The molecule has 5 heteroatoms. The van der Waals surface area contributed by atoms with E-state index in [1.807, 2.05) is 18.7 Å². The molecule has 2 N–H and O–H groups in total. The molecule has 0 fully saturated rings. The molecule has 2 aromatic heterocycles. The lowest BCUT2D eigenvalue weighted by molar-refractivity contribution is 0.737. The van der Waals surface area contributed by atoms with Gasteiger partial charge in [0.05, 0.1) is 16.7 Å². The molecule has 1 aromatic carbocycles. The number of aromatic nitrogens is 4. The first-order valence-electron chi connectivity index (χ1n) is 6.84. The Morgan fingerprint density at radius 3 is 2.65 bits per heavy atom. The van der Waals surface area contributed by atoms with Gasteiger partial charge in [-0.2, -0.15) is 5.10 Å². The van der Waals surface area contributed by atoms with Crippen LogP contribution in [0.1, 0.15) is 18.2 Å². The van der Waals surface area contributed by atoms with E-state index in [-0.39, 0.29) is 0 Å². The highest BCUT2D eigenvalue weighted by molar-refractivity contribution is 5.80. The molecule has 0 saturated heterocycles. The Labute approximate surface area is 118 Å². The number of hydrogen-bond acceptors (Lipinski definition) is 3. The topological polar surface area (TPSA) is 61.7 Å². The van der Waals surface area contributed by atoms with Gasteiger partial charge < -0.3 is 10.3 Å². The summed E-state index contributed by atoms with van der Waals surface area (Å²) in [6.07, 6.45) is 0. The normalized spacial score (nSPS) is 11.4. The second kappa shape index (κ2) is 4.76. The Morgan fingerprint density at radius 1 is 1.25 bits per heavy atom. The van der Waals surface area contributed by atoms with Crippen molar-refractivity contribution in [2.75, 3.05) is 0 Å². The summed E-state index contributed by atoms with van der Waals surface area (Å²) in [4.78, 5) is 4.78. The van der Waals surface area contributed by atoms with Crippen LogP contribution in [0.5, 0.6) is 0 Å². The molecule has 0 bridgehead atoms. The molecule has 0 unspecified atom stereocenters. The third kappa shape index (κ3) is 1.91. The molecule has 104 valence electrons. The number of nitrogens with two attached hydrogens (primary N) is 1. The summed E-state index contributed by atoms with van der Waals surface area (Å²) in [6, 6.07) is 8.29. The quantitative estimate of drug-likeness (QED) is 0.793. The van der Waals surface area contributed by atoms with Crippen LogP contribution >= 0.6 is 0 Å². The second-order valence-electron chi connectivity index (χ2n) is 5.00. The van der Waals surface area contributed by atoms with Crippen molar-refractivity contribution >= 4 is 11.0 Å². The Kier molecular flexibility index (Phi) is 3.06. The molecule has 0 amide bonds. The van der Waals surface area contributed by atoms with Gasteiger partial charge in [0.2, 0.25) is 0 Å². The number of benzene rings is 1. The van der Waals surface area contributed by atoms with Gasteiger partial charge in [-0.05, 0) is 37.6 Å². The van der Waals surface area contributed by atoms with Crippen molar-refractivity contribution in [3.05, 3.63) is 35.5 Å². The minimum atomic E-state index is 0.537. The van der Waals surface area contributed by atoms with Crippen molar-refractivity contribution in [2.24, 2.45) is 12.8 Å². The largest absolute Gasteiger partial charge is 0.326 e. The number of aryl methyl sites for hydroxylation is 3. The van der Waals surface area contributed by atoms with Gasteiger partial charge in [0.15, 0.2) is 5.82 Å². The summed E-state index contributed by atoms with van der Waals surface area (Å²) >= 11 is 0. The van der Waals surface area contributed by atoms with Gasteiger partial charge in [-0.1, -0.05) is 6.07 Å². The molecule has 0 spiro atoms. The van der Waals surface area contributed by atoms with Crippen molar-refractivity contribution in [1.29, 1.82) is 0 Å². The molecule has 2 heterocycles. The summed E-state index contributed by atoms with van der Waals surface area (Å²) in [5, 5.41) is 4.41. The van der Waals surface area contributed by atoms with E-state index in [0.29, 0.717) is 6.54 Å². The molecule has 3 aromatic rings. The predicted octanol–water partition coefficient (Wildman–Crippen LogP) is 2.22. The number of rotatable bonds is 3. The van der Waals surface area contributed by atoms with Gasteiger partial charge in [-0.15, -0.1) is 0 Å². The van der Waals surface area contributed by atoms with Crippen molar-refractivity contribution in [2.45, 2.75) is 26.9 Å². The van der Waals surface area contributed by atoms with Gasteiger partial charge in [0.1, 0.15) is 5.69 Å². The third-order valence-corrected chi connectivity index (χ3v) is 3.60. The highest BCUT2D eigenvalue weighted by Crippen LogP contribution is 2.25. The number of nitrogens with zero attached hydrogens (tertiary/aromatic N) is 4. The lowest BCUT2D eigenvalue weighted by Gasteiger charge is -2.06. The van der Waals surface area contributed by atoms with Crippen molar-refractivity contribution < 1.29 is 0 Å². The van der Waals surface area contributed by atoms with E-state index in [1.165, 1.54) is 0 Å². The summed E-state index contributed by atoms with van der Waals surface area (Å²) in [5.74, 6) is 0.958. The zero-order valence-corrected chi connectivity index (χ0v) is 12.1. The van der Waals surface area contributed by atoms with Gasteiger partial charge in [-0.3, -0.25) is 4.68 Å². The van der Waals surface area contributed by atoms with Crippen LogP contribution in [0.4, 0.5) is 0 Å². The molecule has 0 radical (unpaired) electrons. The van der Waals surface area contributed by atoms with Crippen LogP contribution in [0.25, 0.3) is 22.6 Å². The summed E-state index contributed by atoms with van der Waals surface area (Å²) in [5.41, 5.74) is 11.0. The maximum atomic E-state index is 5.71. The van der Waals surface area contributed by atoms with Crippen molar-refractivity contribution in [1.82, 2.24) is 19.3 Å². The summed E-state index contributed by atoms with van der Waals surface area (Å²) < 4.78 is 4.10. The van der Waals surface area contributed by atoms with Gasteiger partial charge in [-0.25, -0.2) is 4.98 Å². The lowest BCUT2D eigenvalue weighted by Crippen LogP contribution is -2.02.